The van der Waals surface area contributed by atoms with E-state index >= 15 is 0 Å². The molecule has 1 aromatic carbocycles. The van der Waals surface area contributed by atoms with E-state index in [-0.39, 0.29) is 12.4 Å². The lowest BCUT2D eigenvalue weighted by Crippen LogP contribution is -3.00. The summed E-state index contributed by atoms with van der Waals surface area (Å²) >= 11 is 3.33. The van der Waals surface area contributed by atoms with Gasteiger partial charge in [0.05, 0.1) is 4.47 Å². The first-order valence-corrected chi connectivity index (χ1v) is 3.16. The molecule has 0 amide bonds. The third-order valence-corrected chi connectivity index (χ3v) is 1.73. The fourth-order valence-electron chi connectivity index (χ4n) is 0.498. The first kappa shape index (κ1) is 8.95. The number of hydrogen-bond donors (Lipinski definition) is 1. The van der Waals surface area contributed by atoms with Gasteiger partial charge in [-0.1, -0.05) is 12.1 Å². The van der Waals surface area contributed by atoms with Gasteiger partial charge in [0.1, 0.15) is 5.69 Å². The quantitative estimate of drug-likeness (QED) is 0.528. The molecular weight excluding hydrogens is 201 g/mol. The van der Waals surface area contributed by atoms with Crippen molar-refractivity contribution in [2.24, 2.45) is 0 Å². The SMILES string of the molecule is [Cl-].[NH3+]c1ccccc1Br. The van der Waals surface area contributed by atoms with Crippen LogP contribution in [-0.4, -0.2) is 0 Å². The molecule has 0 unspecified atom stereocenters. The van der Waals surface area contributed by atoms with Crippen molar-refractivity contribution in [3.05, 3.63) is 28.7 Å². The topological polar surface area (TPSA) is 27.6 Å². The minimum atomic E-state index is 0. The van der Waals surface area contributed by atoms with Crippen molar-refractivity contribution in [1.29, 1.82) is 0 Å². The summed E-state index contributed by atoms with van der Waals surface area (Å²) in [6.07, 6.45) is 0. The number of rotatable bonds is 0. The van der Waals surface area contributed by atoms with Gasteiger partial charge in [-0.25, -0.2) is 0 Å². The highest BCUT2D eigenvalue weighted by molar-refractivity contribution is 9.10. The Labute approximate surface area is 68.8 Å². The van der Waals surface area contributed by atoms with Crippen LogP contribution in [0.2, 0.25) is 0 Å². The van der Waals surface area contributed by atoms with Crippen LogP contribution in [0.5, 0.6) is 0 Å². The number of halogens is 2. The molecule has 1 nitrogen and oxygen atoms in total. The van der Waals surface area contributed by atoms with E-state index in [1.807, 2.05) is 24.3 Å². The molecule has 9 heavy (non-hydrogen) atoms. The van der Waals surface area contributed by atoms with Crippen LogP contribution in [0.25, 0.3) is 0 Å². The van der Waals surface area contributed by atoms with Gasteiger partial charge in [0.15, 0.2) is 0 Å². The minimum Gasteiger partial charge on any atom is -1.00 e. The van der Waals surface area contributed by atoms with Crippen molar-refractivity contribution in [2.75, 3.05) is 0 Å². The lowest BCUT2D eigenvalue weighted by Gasteiger charge is -1.87. The van der Waals surface area contributed by atoms with Crippen molar-refractivity contribution < 1.29 is 18.1 Å². The normalized spacial score (nSPS) is 8.22. The second kappa shape index (κ2) is 3.88. The van der Waals surface area contributed by atoms with E-state index in [0.29, 0.717) is 0 Å². The molecule has 0 radical (unpaired) electrons. The molecule has 0 fully saturated rings. The van der Waals surface area contributed by atoms with Crippen molar-refractivity contribution in [3.63, 3.8) is 0 Å². The summed E-state index contributed by atoms with van der Waals surface area (Å²) in [5.74, 6) is 0. The van der Waals surface area contributed by atoms with E-state index in [1.165, 1.54) is 0 Å². The predicted octanol–water partition coefficient (Wildman–Crippen LogP) is -1.67. The Bertz CT molecular complexity index is 169. The van der Waals surface area contributed by atoms with E-state index in [2.05, 4.69) is 21.7 Å². The van der Waals surface area contributed by atoms with Crippen LogP contribution in [0.3, 0.4) is 0 Å². The second-order valence-corrected chi connectivity index (χ2v) is 2.45. The molecule has 3 N–H and O–H groups in total. The second-order valence-electron chi connectivity index (χ2n) is 1.59. The average Bonchev–Trinajstić information content (AvgIpc) is 1.77. The third-order valence-electron chi connectivity index (χ3n) is 0.958. The molecule has 0 spiro atoms. The van der Waals surface area contributed by atoms with E-state index in [9.17, 15) is 0 Å². The number of hydrogen-bond acceptors (Lipinski definition) is 0. The highest BCUT2D eigenvalue weighted by Crippen LogP contribution is 2.14. The maximum absolute atomic E-state index is 3.77. The van der Waals surface area contributed by atoms with E-state index in [0.717, 1.165) is 10.2 Å². The summed E-state index contributed by atoms with van der Waals surface area (Å²) in [6, 6.07) is 7.87. The molecular formula is C6H7BrClN. The smallest absolute Gasteiger partial charge is 0.142 e. The molecule has 3 heteroatoms. The van der Waals surface area contributed by atoms with Crippen LogP contribution in [-0.2, 0) is 0 Å². The maximum atomic E-state index is 3.77. The van der Waals surface area contributed by atoms with Gasteiger partial charge in [-0.3, -0.25) is 0 Å². The molecule has 0 bridgehead atoms. The third kappa shape index (κ3) is 2.35. The Morgan fingerprint density at radius 3 is 2.11 bits per heavy atom. The summed E-state index contributed by atoms with van der Waals surface area (Å²) in [4.78, 5) is 0. The molecule has 0 aliphatic carbocycles. The van der Waals surface area contributed by atoms with Gasteiger partial charge < -0.3 is 18.1 Å². The fourth-order valence-corrected chi connectivity index (χ4v) is 0.783. The summed E-state index contributed by atoms with van der Waals surface area (Å²) in [6.45, 7) is 0. The standard InChI is InChI=1S/C6H6BrN.ClH/c7-5-3-1-2-4-6(5)8;/h1-4H,8H2;1H. The maximum Gasteiger partial charge on any atom is 0.142 e. The van der Waals surface area contributed by atoms with Gasteiger partial charge in [0.25, 0.3) is 0 Å². The zero-order valence-electron chi connectivity index (χ0n) is 4.77. The zero-order valence-corrected chi connectivity index (χ0v) is 7.11. The van der Waals surface area contributed by atoms with Crippen molar-refractivity contribution in [1.82, 2.24) is 0 Å². The van der Waals surface area contributed by atoms with Crippen LogP contribution < -0.4 is 18.1 Å². The molecule has 1 aromatic rings. The van der Waals surface area contributed by atoms with Crippen LogP contribution in [0.15, 0.2) is 28.7 Å². The molecule has 0 aromatic heterocycles. The van der Waals surface area contributed by atoms with Crippen LogP contribution in [0, 0.1) is 0 Å². The predicted molar refractivity (Wildman–Crippen MR) is 36.7 cm³/mol. The van der Waals surface area contributed by atoms with Gasteiger partial charge >= 0.3 is 0 Å². The van der Waals surface area contributed by atoms with Crippen LogP contribution in [0.4, 0.5) is 5.69 Å². The molecule has 50 valence electrons. The molecule has 0 aliphatic rings. The van der Waals surface area contributed by atoms with Gasteiger partial charge in [0.2, 0.25) is 0 Å². The van der Waals surface area contributed by atoms with E-state index < -0.39 is 0 Å². The van der Waals surface area contributed by atoms with Gasteiger partial charge in [-0.2, -0.15) is 0 Å². The monoisotopic (exact) mass is 207 g/mol. The number of benzene rings is 1. The molecule has 0 atom stereocenters. The lowest BCUT2D eigenvalue weighted by atomic mass is 10.3. The largest absolute Gasteiger partial charge is 1.00 e. The highest BCUT2D eigenvalue weighted by atomic mass is 79.9. The fraction of sp³-hybridized carbons (Fsp3) is 0. The Hall–Kier alpha value is -0.0500. The van der Waals surface area contributed by atoms with Gasteiger partial charge in [-0.05, 0) is 22.0 Å². The summed E-state index contributed by atoms with van der Waals surface area (Å²) in [7, 11) is 0. The van der Waals surface area contributed by atoms with Gasteiger partial charge in [0, 0.05) is 6.07 Å². The summed E-state index contributed by atoms with van der Waals surface area (Å²) in [5, 5.41) is 0. The van der Waals surface area contributed by atoms with Crippen molar-refractivity contribution >= 4 is 21.6 Å². The van der Waals surface area contributed by atoms with Gasteiger partial charge in [-0.15, -0.1) is 0 Å². The van der Waals surface area contributed by atoms with Crippen LogP contribution >= 0.6 is 15.9 Å². The number of quaternary nitrogens is 1. The molecule has 0 saturated carbocycles. The Morgan fingerprint density at radius 1 is 1.22 bits per heavy atom. The summed E-state index contributed by atoms with van der Waals surface area (Å²) < 4.78 is 1.07. The molecule has 0 saturated heterocycles. The molecule has 1 rings (SSSR count). The summed E-state index contributed by atoms with van der Waals surface area (Å²) in [5.41, 5.74) is 4.81. The van der Waals surface area contributed by atoms with Crippen LogP contribution in [0.1, 0.15) is 0 Å². The van der Waals surface area contributed by atoms with Crippen molar-refractivity contribution in [3.8, 4) is 0 Å². The average molecular weight is 208 g/mol. The Balaban J connectivity index is 0.000000640. The lowest BCUT2D eigenvalue weighted by molar-refractivity contribution is -0.255. The Morgan fingerprint density at radius 2 is 1.78 bits per heavy atom. The highest BCUT2D eigenvalue weighted by Gasteiger charge is 1.91. The minimum absolute atomic E-state index is 0. The first-order chi connectivity index (χ1) is 3.80. The molecule has 0 aliphatic heterocycles. The zero-order chi connectivity index (χ0) is 5.98. The Kier molecular flexibility index (Phi) is 3.86. The first-order valence-electron chi connectivity index (χ1n) is 2.37. The van der Waals surface area contributed by atoms with E-state index in [1.54, 1.807) is 0 Å². The van der Waals surface area contributed by atoms with Crippen molar-refractivity contribution in [2.45, 2.75) is 0 Å². The molecule has 0 heterocycles. The van der Waals surface area contributed by atoms with E-state index in [4.69, 9.17) is 0 Å².